The van der Waals surface area contributed by atoms with Crippen LogP contribution >= 0.6 is 15.9 Å². The highest BCUT2D eigenvalue weighted by molar-refractivity contribution is 9.10. The van der Waals surface area contributed by atoms with Crippen LogP contribution < -0.4 is 16.0 Å². The predicted molar refractivity (Wildman–Crippen MR) is 112 cm³/mol. The maximum atomic E-state index is 12.0. The zero-order valence-electron chi connectivity index (χ0n) is 15.7. The van der Waals surface area contributed by atoms with Crippen LogP contribution in [0.15, 0.2) is 35.3 Å². The highest BCUT2D eigenvalue weighted by atomic mass is 79.9. The second-order valence-corrected chi connectivity index (χ2v) is 7.91. The first kappa shape index (κ1) is 19.1. The molecule has 4 rings (SSSR count). The van der Waals surface area contributed by atoms with E-state index in [9.17, 15) is 4.79 Å². The number of hydrogen-bond acceptors (Lipinski definition) is 7. The minimum Gasteiger partial charge on any atom is -0.378 e. The van der Waals surface area contributed by atoms with Crippen molar-refractivity contribution in [2.45, 2.75) is 19.4 Å². The van der Waals surface area contributed by atoms with Crippen molar-refractivity contribution in [1.82, 2.24) is 19.6 Å². The van der Waals surface area contributed by atoms with Crippen LogP contribution in [0.2, 0.25) is 0 Å². The fourth-order valence-corrected chi connectivity index (χ4v) is 4.11. The van der Waals surface area contributed by atoms with Crippen molar-refractivity contribution in [3.05, 3.63) is 46.5 Å². The SMILES string of the molecule is CC[C@H]1CN(c2ncc(C#N)cn2)C[C@H]1Nc1c(C(N)=O)cnn2cc(Br)cc12. The largest absolute Gasteiger partial charge is 0.378 e. The van der Waals surface area contributed by atoms with Crippen LogP contribution in [0.4, 0.5) is 11.6 Å². The van der Waals surface area contributed by atoms with Gasteiger partial charge in [-0.3, -0.25) is 4.79 Å². The van der Waals surface area contributed by atoms with Gasteiger partial charge in [0.05, 0.1) is 40.9 Å². The Morgan fingerprint density at radius 1 is 1.38 bits per heavy atom. The summed E-state index contributed by atoms with van der Waals surface area (Å²) in [6, 6.07) is 4.00. The molecule has 4 heterocycles. The number of anilines is 2. The summed E-state index contributed by atoms with van der Waals surface area (Å²) in [6.07, 6.45) is 7.32. The van der Waals surface area contributed by atoms with Crippen molar-refractivity contribution in [3.8, 4) is 6.07 Å². The molecule has 0 saturated carbocycles. The molecular formula is C19H19BrN8O. The molecule has 1 aliphatic heterocycles. The van der Waals surface area contributed by atoms with Crippen LogP contribution in [-0.2, 0) is 0 Å². The normalized spacial score (nSPS) is 18.7. The number of nitrogens with one attached hydrogen (secondary N) is 1. The second kappa shape index (κ2) is 7.67. The minimum absolute atomic E-state index is 0.0669. The maximum Gasteiger partial charge on any atom is 0.252 e. The van der Waals surface area contributed by atoms with Crippen molar-refractivity contribution in [1.29, 1.82) is 5.26 Å². The number of carbonyl (C=O) groups excluding carboxylic acids is 1. The predicted octanol–water partition coefficient (Wildman–Crippen LogP) is 2.18. The Labute approximate surface area is 175 Å². The highest BCUT2D eigenvalue weighted by Crippen LogP contribution is 2.31. The van der Waals surface area contributed by atoms with Crippen molar-refractivity contribution in [3.63, 3.8) is 0 Å². The van der Waals surface area contributed by atoms with Crippen molar-refractivity contribution >= 4 is 39.0 Å². The monoisotopic (exact) mass is 454 g/mol. The average molecular weight is 455 g/mol. The van der Waals surface area contributed by atoms with Gasteiger partial charge in [0.25, 0.3) is 5.91 Å². The van der Waals surface area contributed by atoms with E-state index in [0.29, 0.717) is 35.2 Å². The Morgan fingerprint density at radius 3 is 2.79 bits per heavy atom. The smallest absolute Gasteiger partial charge is 0.252 e. The highest BCUT2D eigenvalue weighted by Gasteiger charge is 2.34. The molecule has 0 spiro atoms. The molecule has 0 radical (unpaired) electrons. The van der Waals surface area contributed by atoms with Crippen LogP contribution in [0.5, 0.6) is 0 Å². The maximum absolute atomic E-state index is 12.0. The van der Waals surface area contributed by atoms with Crippen LogP contribution in [0.1, 0.15) is 29.3 Å². The molecule has 1 fully saturated rings. The van der Waals surface area contributed by atoms with E-state index in [1.807, 2.05) is 18.3 Å². The summed E-state index contributed by atoms with van der Waals surface area (Å²) >= 11 is 3.46. The van der Waals surface area contributed by atoms with Gasteiger partial charge in [0.15, 0.2) is 0 Å². The van der Waals surface area contributed by atoms with E-state index in [1.165, 1.54) is 18.6 Å². The van der Waals surface area contributed by atoms with Gasteiger partial charge in [-0.15, -0.1) is 0 Å². The Bertz CT molecular complexity index is 1100. The van der Waals surface area contributed by atoms with Crippen LogP contribution in [0, 0.1) is 17.2 Å². The molecule has 0 aromatic carbocycles. The molecule has 0 bridgehead atoms. The number of rotatable bonds is 5. The molecule has 29 heavy (non-hydrogen) atoms. The lowest BCUT2D eigenvalue weighted by atomic mass is 10.00. The van der Waals surface area contributed by atoms with Crippen LogP contribution in [0.3, 0.4) is 0 Å². The standard InChI is InChI=1S/C19H19BrN8O/c1-2-12-8-27(19-23-5-11(4-21)6-24-19)10-15(12)26-17-14(18(22)29)7-25-28-9-13(20)3-16(17)28/h3,5-7,9,12,15,26H,2,8,10H2,1H3,(H2,22,29)/t12-,15+/m0/s1. The number of primary amides is 1. The van der Waals surface area contributed by atoms with E-state index >= 15 is 0 Å². The van der Waals surface area contributed by atoms with Gasteiger partial charge in [-0.1, -0.05) is 6.92 Å². The fourth-order valence-electron chi connectivity index (χ4n) is 3.70. The number of aromatic nitrogens is 4. The van der Waals surface area contributed by atoms with E-state index in [2.05, 4.69) is 48.1 Å². The lowest BCUT2D eigenvalue weighted by Gasteiger charge is -2.21. The van der Waals surface area contributed by atoms with E-state index in [4.69, 9.17) is 11.0 Å². The first-order chi connectivity index (χ1) is 14.0. The number of nitriles is 1. The zero-order chi connectivity index (χ0) is 20.5. The van der Waals surface area contributed by atoms with Crippen molar-refractivity contribution in [2.75, 3.05) is 23.3 Å². The summed E-state index contributed by atoms with van der Waals surface area (Å²) < 4.78 is 2.57. The molecular weight excluding hydrogens is 436 g/mol. The quantitative estimate of drug-likeness (QED) is 0.604. The number of fused-ring (bicyclic) bond motifs is 1. The Balaban J connectivity index is 1.65. The summed E-state index contributed by atoms with van der Waals surface area (Å²) in [5, 5.41) is 16.7. The Morgan fingerprint density at radius 2 is 2.14 bits per heavy atom. The van der Waals surface area contributed by atoms with Crippen molar-refractivity contribution in [2.24, 2.45) is 11.7 Å². The van der Waals surface area contributed by atoms with E-state index in [1.54, 1.807) is 4.52 Å². The number of nitrogens with two attached hydrogens (primary N) is 1. The number of halogens is 1. The molecule has 0 unspecified atom stereocenters. The molecule has 3 aromatic rings. The fraction of sp³-hybridized carbons (Fsp3) is 0.316. The Hall–Kier alpha value is -3.19. The third kappa shape index (κ3) is 3.61. The van der Waals surface area contributed by atoms with Gasteiger partial charge in [0, 0.05) is 29.8 Å². The summed E-state index contributed by atoms with van der Waals surface area (Å²) in [5.41, 5.74) is 7.83. The Kier molecular flexibility index (Phi) is 5.07. The van der Waals surface area contributed by atoms with Crippen LogP contribution in [-0.4, -0.2) is 44.6 Å². The lowest BCUT2D eigenvalue weighted by molar-refractivity contribution is 0.100. The molecule has 3 aromatic heterocycles. The molecule has 1 saturated heterocycles. The lowest BCUT2D eigenvalue weighted by Crippen LogP contribution is -2.31. The summed E-state index contributed by atoms with van der Waals surface area (Å²) in [4.78, 5) is 22.7. The second-order valence-electron chi connectivity index (χ2n) is 6.99. The molecule has 10 heteroatoms. The number of carbonyl (C=O) groups is 1. The van der Waals surface area contributed by atoms with E-state index < -0.39 is 5.91 Å². The van der Waals surface area contributed by atoms with Gasteiger partial charge in [0.1, 0.15) is 6.07 Å². The third-order valence-corrected chi connectivity index (χ3v) is 5.65. The zero-order valence-corrected chi connectivity index (χ0v) is 17.3. The molecule has 1 aliphatic rings. The van der Waals surface area contributed by atoms with E-state index in [0.717, 1.165) is 23.0 Å². The van der Waals surface area contributed by atoms with Gasteiger partial charge in [-0.2, -0.15) is 10.4 Å². The van der Waals surface area contributed by atoms with Gasteiger partial charge in [-0.25, -0.2) is 14.5 Å². The van der Waals surface area contributed by atoms with Gasteiger partial charge < -0.3 is 16.0 Å². The molecule has 1 amide bonds. The molecule has 2 atom stereocenters. The van der Waals surface area contributed by atoms with Gasteiger partial charge in [-0.05, 0) is 34.3 Å². The number of hydrogen-bond donors (Lipinski definition) is 2. The number of nitrogens with zero attached hydrogens (tertiary/aromatic N) is 6. The van der Waals surface area contributed by atoms with E-state index in [-0.39, 0.29) is 6.04 Å². The van der Waals surface area contributed by atoms with Gasteiger partial charge in [0.2, 0.25) is 5.95 Å². The van der Waals surface area contributed by atoms with Crippen molar-refractivity contribution < 1.29 is 4.79 Å². The summed E-state index contributed by atoms with van der Waals surface area (Å²) in [5.74, 6) is 0.381. The number of amides is 1. The molecule has 3 N–H and O–H groups in total. The topological polar surface area (TPSA) is 125 Å². The third-order valence-electron chi connectivity index (χ3n) is 5.21. The average Bonchev–Trinajstić information content (AvgIpc) is 3.30. The summed E-state index contributed by atoms with van der Waals surface area (Å²) in [7, 11) is 0. The minimum atomic E-state index is -0.529. The molecule has 9 nitrogen and oxygen atoms in total. The molecule has 148 valence electrons. The molecule has 0 aliphatic carbocycles. The van der Waals surface area contributed by atoms with Crippen LogP contribution in [0.25, 0.3) is 5.52 Å². The first-order valence-electron chi connectivity index (χ1n) is 9.20. The van der Waals surface area contributed by atoms with Gasteiger partial charge >= 0.3 is 0 Å². The first-order valence-corrected chi connectivity index (χ1v) is 9.99. The summed E-state index contributed by atoms with van der Waals surface area (Å²) in [6.45, 7) is 3.57.